The average Bonchev–Trinajstić information content (AvgIpc) is 3.18. The van der Waals surface area contributed by atoms with E-state index in [0.717, 1.165) is 32.6 Å². The van der Waals surface area contributed by atoms with Crippen LogP contribution in [-0.4, -0.2) is 53.4 Å². The summed E-state index contributed by atoms with van der Waals surface area (Å²) in [5, 5.41) is 14.2. The van der Waals surface area contributed by atoms with Crippen molar-refractivity contribution in [2.45, 2.75) is 13.0 Å². The predicted molar refractivity (Wildman–Crippen MR) is 110 cm³/mol. The van der Waals surface area contributed by atoms with E-state index >= 15 is 0 Å². The van der Waals surface area contributed by atoms with Gasteiger partial charge in [0.15, 0.2) is 0 Å². The van der Waals surface area contributed by atoms with Gasteiger partial charge in [-0.15, -0.1) is 12.4 Å². The second-order valence-corrected chi connectivity index (χ2v) is 7.00. The lowest BCUT2D eigenvalue weighted by Gasteiger charge is -2.35. The molecule has 0 saturated carbocycles. The molecule has 2 aromatic carbocycles. The van der Waals surface area contributed by atoms with E-state index in [2.05, 4.69) is 28.4 Å². The number of hydrogen-bond acceptors (Lipinski definition) is 5. The van der Waals surface area contributed by atoms with Crippen LogP contribution in [0.5, 0.6) is 0 Å². The van der Waals surface area contributed by atoms with Crippen LogP contribution < -0.4 is 5.32 Å². The smallest absolute Gasteiger partial charge is 0.269 e. The minimum Gasteiger partial charge on any atom is -0.384 e. The fourth-order valence-electron chi connectivity index (χ4n) is 3.80. The van der Waals surface area contributed by atoms with E-state index < -0.39 is 4.92 Å². The van der Waals surface area contributed by atoms with E-state index in [4.69, 9.17) is 0 Å². The molecule has 2 aliphatic rings. The Kier molecular flexibility index (Phi) is 6.16. The molecule has 7 nitrogen and oxygen atoms in total. The summed E-state index contributed by atoms with van der Waals surface area (Å²) in [5.41, 5.74) is 4.49. The normalized spacial score (nSPS) is 16.1. The van der Waals surface area contributed by atoms with Gasteiger partial charge >= 0.3 is 0 Å². The third-order valence-corrected chi connectivity index (χ3v) is 5.31. The van der Waals surface area contributed by atoms with Gasteiger partial charge in [-0.25, -0.2) is 0 Å². The Balaban J connectivity index is 0.00000225. The number of nitrogens with one attached hydrogen (secondary N) is 1. The molecule has 4 rings (SSSR count). The largest absolute Gasteiger partial charge is 0.384 e. The van der Waals surface area contributed by atoms with Crippen molar-refractivity contribution >= 4 is 29.7 Å². The summed E-state index contributed by atoms with van der Waals surface area (Å²) in [6.45, 7) is 4.86. The summed E-state index contributed by atoms with van der Waals surface area (Å²) in [4.78, 5) is 27.1. The predicted octanol–water partition coefficient (Wildman–Crippen LogP) is 2.94. The summed E-state index contributed by atoms with van der Waals surface area (Å²) in [6, 6.07) is 12.3. The number of benzene rings is 2. The van der Waals surface area contributed by atoms with Gasteiger partial charge in [-0.3, -0.25) is 19.8 Å². The molecule has 0 atom stereocenters. The molecule has 1 saturated heterocycles. The van der Waals surface area contributed by atoms with E-state index in [1.165, 1.54) is 41.1 Å². The van der Waals surface area contributed by atoms with Crippen molar-refractivity contribution in [3.63, 3.8) is 0 Å². The molecule has 148 valence electrons. The number of carbonyl (C=O) groups is 1. The first-order chi connectivity index (χ1) is 13.1. The number of non-ortho nitro benzene ring substituents is 1. The topological polar surface area (TPSA) is 78.7 Å². The molecule has 0 aromatic heterocycles. The molecule has 0 unspecified atom stereocenters. The maximum atomic E-state index is 12.6. The lowest BCUT2D eigenvalue weighted by atomic mass is 10.1. The lowest BCUT2D eigenvalue weighted by Crippen LogP contribution is -2.48. The average molecular weight is 403 g/mol. The Morgan fingerprint density at radius 2 is 1.79 bits per heavy atom. The van der Waals surface area contributed by atoms with E-state index in [1.807, 2.05) is 4.90 Å². The van der Waals surface area contributed by atoms with Crippen molar-refractivity contribution in [2.75, 3.05) is 38.0 Å². The van der Waals surface area contributed by atoms with Crippen molar-refractivity contribution < 1.29 is 9.72 Å². The summed E-state index contributed by atoms with van der Waals surface area (Å²) in [7, 11) is 0. The maximum Gasteiger partial charge on any atom is 0.269 e. The van der Waals surface area contributed by atoms with Crippen LogP contribution in [0.4, 0.5) is 11.4 Å². The van der Waals surface area contributed by atoms with Gasteiger partial charge in [0.2, 0.25) is 0 Å². The molecule has 1 N–H and O–H groups in total. The van der Waals surface area contributed by atoms with Crippen LogP contribution in [0.2, 0.25) is 0 Å². The highest BCUT2D eigenvalue weighted by atomic mass is 35.5. The molecule has 2 aliphatic heterocycles. The molecule has 2 aromatic rings. The van der Waals surface area contributed by atoms with Crippen molar-refractivity contribution in [2.24, 2.45) is 0 Å². The van der Waals surface area contributed by atoms with Crippen LogP contribution in [0.25, 0.3) is 0 Å². The van der Waals surface area contributed by atoms with Crippen LogP contribution in [0.15, 0.2) is 42.5 Å². The Labute approximate surface area is 169 Å². The number of fused-ring (bicyclic) bond motifs is 1. The highest BCUT2D eigenvalue weighted by molar-refractivity contribution is 5.94. The first-order valence-corrected chi connectivity index (χ1v) is 9.22. The van der Waals surface area contributed by atoms with Gasteiger partial charge in [0.25, 0.3) is 11.6 Å². The van der Waals surface area contributed by atoms with Crippen molar-refractivity contribution in [3.05, 3.63) is 69.3 Å². The second kappa shape index (κ2) is 8.58. The molecule has 8 heteroatoms. The van der Waals surface area contributed by atoms with Gasteiger partial charge < -0.3 is 10.2 Å². The third-order valence-electron chi connectivity index (χ3n) is 5.31. The lowest BCUT2D eigenvalue weighted by molar-refractivity contribution is -0.384. The van der Waals surface area contributed by atoms with Crippen LogP contribution in [0, 0.1) is 10.1 Å². The zero-order chi connectivity index (χ0) is 18.8. The standard InChI is InChI=1S/C20H22N4O3.ClH/c25-20(16-4-6-18(7-5-16)24(26)27)23-12-10-22(11-13-23)14-17-3-1-2-15-8-9-21-19(15)17;/h1-7,21H,8-14H2;1H. The highest BCUT2D eigenvalue weighted by Crippen LogP contribution is 2.27. The molecule has 0 spiro atoms. The van der Waals surface area contributed by atoms with Crippen molar-refractivity contribution in [1.29, 1.82) is 0 Å². The first-order valence-electron chi connectivity index (χ1n) is 9.22. The number of rotatable bonds is 4. The Hall–Kier alpha value is -2.64. The molecule has 1 fully saturated rings. The number of halogens is 1. The van der Waals surface area contributed by atoms with Gasteiger partial charge in [-0.2, -0.15) is 0 Å². The molecular weight excluding hydrogens is 380 g/mol. The first kappa shape index (κ1) is 20.1. The number of amides is 1. The highest BCUT2D eigenvalue weighted by Gasteiger charge is 2.24. The number of piperazine rings is 1. The van der Waals surface area contributed by atoms with E-state index in [9.17, 15) is 14.9 Å². The molecule has 0 aliphatic carbocycles. The van der Waals surface area contributed by atoms with Crippen LogP contribution in [-0.2, 0) is 13.0 Å². The quantitative estimate of drug-likeness (QED) is 0.628. The monoisotopic (exact) mass is 402 g/mol. The number of anilines is 1. The molecule has 0 radical (unpaired) electrons. The number of carbonyl (C=O) groups excluding carboxylic acids is 1. The molecule has 1 amide bonds. The Bertz CT molecular complexity index is 864. The fourth-order valence-corrected chi connectivity index (χ4v) is 3.80. The molecule has 28 heavy (non-hydrogen) atoms. The SMILES string of the molecule is Cl.O=C(c1ccc([N+](=O)[O-])cc1)N1CCN(Cc2cccc3c2NCC3)CC1. The Morgan fingerprint density at radius 3 is 2.46 bits per heavy atom. The van der Waals surface area contributed by atoms with Crippen molar-refractivity contribution in [3.8, 4) is 0 Å². The Morgan fingerprint density at radius 1 is 1.07 bits per heavy atom. The number of nitro groups is 1. The van der Waals surface area contributed by atoms with Crippen LogP contribution in [0.1, 0.15) is 21.5 Å². The number of hydrogen-bond donors (Lipinski definition) is 1. The minimum absolute atomic E-state index is 0. The maximum absolute atomic E-state index is 12.6. The zero-order valence-electron chi connectivity index (χ0n) is 15.5. The summed E-state index contributed by atoms with van der Waals surface area (Å²) in [5.74, 6) is -0.0631. The zero-order valence-corrected chi connectivity index (χ0v) is 16.3. The number of nitrogens with zero attached hydrogens (tertiary/aromatic N) is 3. The minimum atomic E-state index is -0.456. The van der Waals surface area contributed by atoms with E-state index in [1.54, 1.807) is 0 Å². The van der Waals surface area contributed by atoms with Gasteiger partial charge in [0.1, 0.15) is 0 Å². The second-order valence-electron chi connectivity index (χ2n) is 7.00. The van der Waals surface area contributed by atoms with Gasteiger partial charge in [0, 0.05) is 62.7 Å². The van der Waals surface area contributed by atoms with Gasteiger partial charge in [0.05, 0.1) is 4.92 Å². The third kappa shape index (κ3) is 4.10. The molecular formula is C20H23ClN4O3. The molecule has 2 heterocycles. The molecule has 0 bridgehead atoms. The van der Waals surface area contributed by atoms with Crippen LogP contribution in [0.3, 0.4) is 0 Å². The summed E-state index contributed by atoms with van der Waals surface area (Å²) < 4.78 is 0. The fraction of sp³-hybridized carbons (Fsp3) is 0.350. The number of para-hydroxylation sites is 1. The van der Waals surface area contributed by atoms with Gasteiger partial charge in [-0.1, -0.05) is 18.2 Å². The summed E-state index contributed by atoms with van der Waals surface area (Å²) in [6.07, 6.45) is 1.08. The van der Waals surface area contributed by atoms with Gasteiger partial charge in [-0.05, 0) is 29.7 Å². The summed E-state index contributed by atoms with van der Waals surface area (Å²) >= 11 is 0. The number of nitro benzene ring substituents is 1. The van der Waals surface area contributed by atoms with E-state index in [0.29, 0.717) is 18.7 Å². The van der Waals surface area contributed by atoms with Crippen molar-refractivity contribution in [1.82, 2.24) is 9.80 Å². The van der Waals surface area contributed by atoms with Crippen LogP contribution >= 0.6 is 12.4 Å². The van der Waals surface area contributed by atoms with E-state index in [-0.39, 0.29) is 24.0 Å².